The van der Waals surface area contributed by atoms with Crippen molar-refractivity contribution >= 4 is 30.6 Å². The first kappa shape index (κ1) is 28.6. The number of rotatable bonds is 3. The summed E-state index contributed by atoms with van der Waals surface area (Å²) in [4.78, 5) is 4.32. The summed E-state index contributed by atoms with van der Waals surface area (Å²) < 4.78 is 24.0. The lowest BCUT2D eigenvalue weighted by Gasteiger charge is -2.27. The standard InChI is InChI=1S/C14H18FN3O.C6H13NO.2H2O.H2S.2H2/c15-10-3-6-12-13(7-10)19-14(18-12)17-11-4-1-9(8-16)2-5-11;1-5-3-7-4-6(2)8-5;;;;;/h3,6-7,9,11H,1-2,4-5,8,16H2,(H,17,18);5-7H,3-4H2,1-2H3;3*1H2;2*1H/t;5-,6+;;;;;. The van der Waals surface area contributed by atoms with Crippen LogP contribution in [0.15, 0.2) is 22.6 Å². The summed E-state index contributed by atoms with van der Waals surface area (Å²) in [5, 5.41) is 6.55. The maximum absolute atomic E-state index is 13.1. The highest BCUT2D eigenvalue weighted by molar-refractivity contribution is 7.59. The highest BCUT2D eigenvalue weighted by Crippen LogP contribution is 2.27. The lowest BCUT2D eigenvalue weighted by Crippen LogP contribution is -2.41. The quantitative estimate of drug-likeness (QED) is 0.650. The molecule has 10 heteroatoms. The van der Waals surface area contributed by atoms with Gasteiger partial charge in [0.25, 0.3) is 6.01 Å². The predicted octanol–water partition coefficient (Wildman–Crippen LogP) is 2.23. The van der Waals surface area contributed by atoms with Gasteiger partial charge in [0.15, 0.2) is 5.58 Å². The van der Waals surface area contributed by atoms with Crippen molar-refractivity contribution in [3.8, 4) is 0 Å². The first-order valence-corrected chi connectivity index (χ1v) is 9.92. The van der Waals surface area contributed by atoms with Crippen LogP contribution in [0, 0.1) is 11.7 Å². The van der Waals surface area contributed by atoms with Crippen molar-refractivity contribution in [2.75, 3.05) is 25.0 Å². The molecule has 2 aromatic rings. The second-order valence-corrected chi connectivity index (χ2v) is 7.64. The number of ether oxygens (including phenoxy) is 1. The van der Waals surface area contributed by atoms with Crippen molar-refractivity contribution in [2.45, 2.75) is 57.8 Å². The van der Waals surface area contributed by atoms with Crippen LogP contribution in [0.25, 0.3) is 11.1 Å². The number of hydrogen-bond donors (Lipinski definition) is 3. The fourth-order valence-corrected chi connectivity index (χ4v) is 3.66. The van der Waals surface area contributed by atoms with Gasteiger partial charge in [-0.05, 0) is 64.1 Å². The molecule has 1 saturated carbocycles. The van der Waals surface area contributed by atoms with Crippen LogP contribution in [-0.2, 0) is 4.74 Å². The molecular weight excluding hydrogens is 411 g/mol. The van der Waals surface area contributed by atoms with Gasteiger partial charge in [-0.25, -0.2) is 4.39 Å². The Labute approximate surface area is 187 Å². The average Bonchev–Trinajstić information content (AvgIpc) is 3.04. The van der Waals surface area contributed by atoms with Gasteiger partial charge in [-0.3, -0.25) is 0 Å². The van der Waals surface area contributed by atoms with E-state index >= 15 is 0 Å². The summed E-state index contributed by atoms with van der Waals surface area (Å²) in [5.41, 5.74) is 6.84. The largest absolute Gasteiger partial charge is 0.423 e. The summed E-state index contributed by atoms with van der Waals surface area (Å²) >= 11 is 0. The van der Waals surface area contributed by atoms with Crippen molar-refractivity contribution < 1.29 is 27.4 Å². The molecule has 1 aromatic carbocycles. The number of halogens is 1. The molecule has 8 N–H and O–H groups in total. The zero-order chi connectivity index (χ0) is 19.2. The molecule has 8 nitrogen and oxygen atoms in total. The van der Waals surface area contributed by atoms with E-state index in [1.54, 1.807) is 6.07 Å². The molecule has 2 fully saturated rings. The van der Waals surface area contributed by atoms with E-state index < -0.39 is 0 Å². The summed E-state index contributed by atoms with van der Waals surface area (Å²) in [5.74, 6) is 0.342. The zero-order valence-corrected chi connectivity index (χ0v) is 18.7. The number of benzene rings is 1. The van der Waals surface area contributed by atoms with E-state index in [0.717, 1.165) is 45.3 Å². The van der Waals surface area contributed by atoms with Crippen LogP contribution >= 0.6 is 13.5 Å². The Morgan fingerprint density at radius 3 is 2.33 bits per heavy atom. The third-order valence-corrected chi connectivity index (χ3v) is 5.19. The number of hydrogen-bond acceptors (Lipinski definition) is 6. The van der Waals surface area contributed by atoms with Crippen molar-refractivity contribution in [2.24, 2.45) is 11.7 Å². The Balaban J connectivity index is -0.000000565. The lowest BCUT2D eigenvalue weighted by molar-refractivity contribution is -0.0166. The van der Waals surface area contributed by atoms with E-state index in [0.29, 0.717) is 41.3 Å². The minimum atomic E-state index is -0.307. The molecule has 2 heterocycles. The fraction of sp³-hybridized carbons (Fsp3) is 0.650. The number of nitrogens with zero attached hydrogens (tertiary/aromatic N) is 1. The molecule has 0 unspecified atom stereocenters. The fourth-order valence-electron chi connectivity index (χ4n) is 3.66. The summed E-state index contributed by atoms with van der Waals surface area (Å²) in [6, 6.07) is 5.24. The Morgan fingerprint density at radius 1 is 1.17 bits per heavy atom. The number of nitrogens with two attached hydrogens (primary N) is 1. The van der Waals surface area contributed by atoms with E-state index in [2.05, 4.69) is 29.5 Å². The molecule has 30 heavy (non-hydrogen) atoms. The normalized spacial score (nSPS) is 25.6. The Kier molecular flexibility index (Phi) is 13.1. The van der Waals surface area contributed by atoms with Crippen LogP contribution in [-0.4, -0.2) is 53.8 Å². The molecule has 0 radical (unpaired) electrons. The topological polar surface area (TPSA) is 148 Å². The van der Waals surface area contributed by atoms with E-state index in [1.165, 1.54) is 12.1 Å². The van der Waals surface area contributed by atoms with Crippen molar-refractivity contribution in [3.63, 3.8) is 0 Å². The van der Waals surface area contributed by atoms with E-state index in [1.807, 2.05) is 0 Å². The minimum absolute atomic E-state index is 0. The van der Waals surface area contributed by atoms with E-state index in [-0.39, 0.29) is 33.1 Å². The maximum atomic E-state index is 13.1. The third-order valence-electron chi connectivity index (χ3n) is 5.19. The van der Waals surface area contributed by atoms with Gasteiger partial charge in [0.2, 0.25) is 0 Å². The number of aromatic nitrogens is 1. The summed E-state index contributed by atoms with van der Waals surface area (Å²) in [6.07, 6.45) is 5.24. The predicted molar refractivity (Wildman–Crippen MR) is 127 cm³/mol. The lowest BCUT2D eigenvalue weighted by atomic mass is 9.86. The van der Waals surface area contributed by atoms with Gasteiger partial charge < -0.3 is 36.5 Å². The highest BCUT2D eigenvalue weighted by Gasteiger charge is 2.21. The van der Waals surface area contributed by atoms with Gasteiger partial charge in [0.05, 0.1) is 12.2 Å². The number of fused-ring (bicyclic) bond motifs is 1. The molecule has 0 bridgehead atoms. The van der Waals surface area contributed by atoms with Crippen LogP contribution < -0.4 is 16.4 Å². The minimum Gasteiger partial charge on any atom is -0.423 e. The van der Waals surface area contributed by atoms with E-state index in [9.17, 15) is 4.39 Å². The molecule has 4 rings (SSSR count). The third kappa shape index (κ3) is 8.37. The highest BCUT2D eigenvalue weighted by atomic mass is 32.1. The van der Waals surface area contributed by atoms with Crippen molar-refractivity contribution in [3.05, 3.63) is 24.0 Å². The molecule has 1 aromatic heterocycles. The Morgan fingerprint density at radius 2 is 1.80 bits per heavy atom. The van der Waals surface area contributed by atoms with Gasteiger partial charge in [-0.15, -0.1) is 0 Å². The molecule has 0 spiro atoms. The smallest absolute Gasteiger partial charge is 0.295 e. The maximum Gasteiger partial charge on any atom is 0.295 e. The van der Waals surface area contributed by atoms with Crippen LogP contribution in [0.2, 0.25) is 0 Å². The first-order valence-electron chi connectivity index (χ1n) is 9.92. The van der Waals surface area contributed by atoms with Gasteiger partial charge in [-0.1, -0.05) is 0 Å². The summed E-state index contributed by atoms with van der Waals surface area (Å²) in [6.45, 7) is 6.95. The molecule has 1 aliphatic heterocycles. The first-order chi connectivity index (χ1) is 13.0. The SMILES string of the molecule is C[C@@H]1CNC[C@H](C)O1.NCC1CCC(Nc2nc3ccc(F)cc3o2)CC1.O.O.S.[HH].[HH]. The van der Waals surface area contributed by atoms with Gasteiger partial charge in [0, 0.05) is 28.1 Å². The Bertz CT molecular complexity index is 731. The number of morpholine rings is 1. The molecule has 2 aliphatic rings. The zero-order valence-electron chi connectivity index (χ0n) is 17.7. The molecule has 1 saturated heterocycles. The monoisotopic (exact) mass is 452 g/mol. The Hall–Kier alpha value is -1.43. The van der Waals surface area contributed by atoms with Gasteiger partial charge in [0.1, 0.15) is 11.3 Å². The van der Waals surface area contributed by atoms with Crippen molar-refractivity contribution in [1.29, 1.82) is 0 Å². The van der Waals surface area contributed by atoms with Crippen molar-refractivity contribution in [1.82, 2.24) is 10.3 Å². The second kappa shape index (κ2) is 13.8. The number of nitrogens with one attached hydrogen (secondary N) is 2. The molecule has 1 aliphatic carbocycles. The average molecular weight is 453 g/mol. The van der Waals surface area contributed by atoms with Gasteiger partial charge >= 0.3 is 0 Å². The number of anilines is 1. The molecule has 2 atom stereocenters. The van der Waals surface area contributed by atoms with Crippen LogP contribution in [0.4, 0.5) is 10.4 Å². The molecular formula is C20H41FN4O4S. The number of oxazole rings is 1. The summed E-state index contributed by atoms with van der Waals surface area (Å²) in [7, 11) is 0. The van der Waals surface area contributed by atoms with E-state index in [4.69, 9.17) is 14.9 Å². The second-order valence-electron chi connectivity index (χ2n) is 7.64. The van der Waals surface area contributed by atoms with Crippen LogP contribution in [0.5, 0.6) is 0 Å². The van der Waals surface area contributed by atoms with Crippen LogP contribution in [0.1, 0.15) is 42.4 Å². The molecule has 178 valence electrons. The van der Waals surface area contributed by atoms with Gasteiger partial charge in [-0.2, -0.15) is 18.5 Å². The van der Waals surface area contributed by atoms with Crippen LogP contribution in [0.3, 0.4) is 0 Å². The molecule has 0 amide bonds.